The van der Waals surface area contributed by atoms with Crippen molar-refractivity contribution in [1.82, 2.24) is 9.97 Å². The quantitative estimate of drug-likeness (QED) is 0.0702. The van der Waals surface area contributed by atoms with Gasteiger partial charge in [-0.05, 0) is 67.3 Å². The zero-order valence-electron chi connectivity index (χ0n) is 21.2. The average molecular weight is 491 g/mol. The number of unbranched alkanes of at least 4 members (excludes halogenated alkanes) is 7. The van der Waals surface area contributed by atoms with Crippen LogP contribution in [0.1, 0.15) is 87.6 Å². The minimum atomic E-state index is -0.336. The maximum absolute atomic E-state index is 12.6. The van der Waals surface area contributed by atoms with E-state index in [1.54, 1.807) is 18.0 Å². The number of aromatic nitrogens is 2. The predicted octanol–water partition coefficient (Wildman–Crippen LogP) is 8.55. The molecule has 0 bridgehead atoms. The first-order valence-corrected chi connectivity index (χ1v) is 14.1. The van der Waals surface area contributed by atoms with Gasteiger partial charge in [0.25, 0.3) is 0 Å². The number of thioether (sulfide) groups is 1. The van der Waals surface area contributed by atoms with Gasteiger partial charge >= 0.3 is 5.97 Å². The predicted molar refractivity (Wildman–Crippen MR) is 146 cm³/mol. The van der Waals surface area contributed by atoms with E-state index in [0.717, 1.165) is 28.6 Å². The molecule has 1 heterocycles. The summed E-state index contributed by atoms with van der Waals surface area (Å²) in [5, 5.41) is 0.800. The molecule has 5 heteroatoms. The fourth-order valence-corrected chi connectivity index (χ4v) is 4.69. The molecule has 0 aliphatic rings. The van der Waals surface area contributed by atoms with Gasteiger partial charge in [0.2, 0.25) is 0 Å². The summed E-state index contributed by atoms with van der Waals surface area (Å²) < 4.78 is 5.59. The second kappa shape index (κ2) is 15.4. The topological polar surface area (TPSA) is 52.1 Å². The molecule has 2 aromatic carbocycles. The van der Waals surface area contributed by atoms with Crippen molar-refractivity contribution in [1.29, 1.82) is 0 Å². The van der Waals surface area contributed by atoms with Crippen LogP contribution in [-0.4, -0.2) is 21.7 Å². The van der Waals surface area contributed by atoms with Gasteiger partial charge in [0, 0.05) is 17.5 Å². The molecule has 186 valence electrons. The summed E-state index contributed by atoms with van der Waals surface area (Å²) in [5.41, 5.74) is 3.69. The van der Waals surface area contributed by atoms with E-state index in [4.69, 9.17) is 4.74 Å². The number of hydrogen-bond donors (Lipinski definition) is 0. The lowest BCUT2D eigenvalue weighted by molar-refractivity contribution is 0.0735. The van der Waals surface area contributed by atoms with Crippen molar-refractivity contribution in [3.63, 3.8) is 0 Å². The van der Waals surface area contributed by atoms with Crippen LogP contribution in [-0.2, 0) is 6.42 Å². The Morgan fingerprint density at radius 2 is 1.49 bits per heavy atom. The molecule has 0 aliphatic carbocycles. The fraction of sp³-hybridized carbons (Fsp3) is 0.433. The Balaban J connectivity index is 1.49. The Morgan fingerprint density at radius 1 is 0.800 bits per heavy atom. The molecule has 0 N–H and O–H groups in total. The molecule has 0 spiro atoms. The zero-order valence-corrected chi connectivity index (χ0v) is 22.0. The third kappa shape index (κ3) is 9.48. The maximum Gasteiger partial charge on any atom is 0.343 e. The number of carbonyl (C=O) groups is 1. The molecule has 35 heavy (non-hydrogen) atoms. The van der Waals surface area contributed by atoms with Crippen molar-refractivity contribution < 1.29 is 9.53 Å². The van der Waals surface area contributed by atoms with Crippen LogP contribution < -0.4 is 4.74 Å². The number of hydrogen-bond acceptors (Lipinski definition) is 5. The Kier molecular flexibility index (Phi) is 11.8. The van der Waals surface area contributed by atoms with Crippen molar-refractivity contribution in [2.75, 3.05) is 5.75 Å². The molecule has 1 aromatic heterocycles. The summed E-state index contributed by atoms with van der Waals surface area (Å²) >= 11 is 1.70. The Hall–Kier alpha value is -2.66. The smallest absolute Gasteiger partial charge is 0.343 e. The molecule has 3 aromatic rings. The van der Waals surface area contributed by atoms with Gasteiger partial charge in [-0.25, -0.2) is 14.8 Å². The number of nitrogens with zero attached hydrogens (tertiary/aromatic N) is 2. The number of aryl methyl sites for hydroxylation is 1. The van der Waals surface area contributed by atoms with E-state index in [1.165, 1.54) is 63.4 Å². The Labute approximate surface area is 214 Å². The highest BCUT2D eigenvalue weighted by Gasteiger charge is 2.10. The molecular weight excluding hydrogens is 452 g/mol. The van der Waals surface area contributed by atoms with E-state index in [2.05, 4.69) is 23.8 Å². The van der Waals surface area contributed by atoms with Crippen molar-refractivity contribution in [2.24, 2.45) is 0 Å². The molecule has 0 saturated heterocycles. The summed E-state index contributed by atoms with van der Waals surface area (Å²) in [6.07, 6.45) is 14.2. The van der Waals surface area contributed by atoms with Crippen LogP contribution in [0.15, 0.2) is 66.0 Å². The molecule has 3 rings (SSSR count). The van der Waals surface area contributed by atoms with E-state index in [-0.39, 0.29) is 5.97 Å². The largest absolute Gasteiger partial charge is 0.423 e. The SMILES string of the molecule is CCCCCCCCc1ccc(C(=O)Oc2ccc(-c3ccnc(SCCCCC)n3)cc2)cc1. The van der Waals surface area contributed by atoms with Gasteiger partial charge in [-0.2, -0.15) is 0 Å². The molecule has 0 aliphatic heterocycles. The Bertz CT molecular complexity index is 1020. The number of esters is 1. The summed E-state index contributed by atoms with van der Waals surface area (Å²) in [6, 6.07) is 17.2. The number of rotatable bonds is 15. The van der Waals surface area contributed by atoms with E-state index in [1.807, 2.05) is 54.6 Å². The first-order chi connectivity index (χ1) is 17.2. The monoisotopic (exact) mass is 490 g/mol. The second-order valence-electron chi connectivity index (χ2n) is 8.91. The number of benzene rings is 2. The second-order valence-corrected chi connectivity index (χ2v) is 9.97. The first-order valence-electron chi connectivity index (χ1n) is 13.1. The fourth-order valence-electron chi connectivity index (χ4n) is 3.86. The van der Waals surface area contributed by atoms with Gasteiger partial charge < -0.3 is 4.74 Å². The minimum absolute atomic E-state index is 0.336. The van der Waals surface area contributed by atoms with Gasteiger partial charge in [-0.1, -0.05) is 82.7 Å². The van der Waals surface area contributed by atoms with E-state index in [9.17, 15) is 4.79 Å². The highest BCUT2D eigenvalue weighted by Crippen LogP contribution is 2.24. The maximum atomic E-state index is 12.6. The highest BCUT2D eigenvalue weighted by molar-refractivity contribution is 7.99. The number of ether oxygens (including phenoxy) is 1. The van der Waals surface area contributed by atoms with E-state index in [0.29, 0.717) is 11.3 Å². The van der Waals surface area contributed by atoms with Gasteiger partial charge in [-0.15, -0.1) is 0 Å². The lowest BCUT2D eigenvalue weighted by Crippen LogP contribution is -2.08. The van der Waals surface area contributed by atoms with E-state index >= 15 is 0 Å². The molecule has 0 amide bonds. The summed E-state index contributed by atoms with van der Waals surface area (Å²) in [4.78, 5) is 21.6. The van der Waals surface area contributed by atoms with Gasteiger partial charge in [0.1, 0.15) is 5.75 Å². The number of carbonyl (C=O) groups excluding carboxylic acids is 1. The average Bonchev–Trinajstić information content (AvgIpc) is 2.89. The van der Waals surface area contributed by atoms with Gasteiger partial charge in [-0.3, -0.25) is 0 Å². The highest BCUT2D eigenvalue weighted by atomic mass is 32.2. The molecule has 0 saturated carbocycles. The summed E-state index contributed by atoms with van der Waals surface area (Å²) in [5.74, 6) is 1.22. The first kappa shape index (κ1) is 26.9. The standard InChI is InChI=1S/C30H38N2O2S/c1-3-5-7-8-9-10-12-24-13-15-26(16-14-24)29(33)34-27-19-17-25(18-20-27)28-21-22-31-30(32-28)35-23-11-6-4-2/h13-22H,3-12,23H2,1-2H3. The van der Waals surface area contributed by atoms with Crippen LogP contribution in [0.3, 0.4) is 0 Å². The van der Waals surface area contributed by atoms with Crippen molar-refractivity contribution in [2.45, 2.75) is 83.2 Å². The van der Waals surface area contributed by atoms with Crippen LogP contribution in [0, 0.1) is 0 Å². The molecule has 4 nitrogen and oxygen atoms in total. The van der Waals surface area contributed by atoms with Crippen LogP contribution in [0.2, 0.25) is 0 Å². The van der Waals surface area contributed by atoms with Crippen LogP contribution >= 0.6 is 11.8 Å². The van der Waals surface area contributed by atoms with Crippen molar-refractivity contribution >= 4 is 17.7 Å². The van der Waals surface area contributed by atoms with Gasteiger partial charge in [0.15, 0.2) is 5.16 Å². The molecule has 0 unspecified atom stereocenters. The molecule has 0 radical (unpaired) electrons. The van der Waals surface area contributed by atoms with Crippen LogP contribution in [0.4, 0.5) is 0 Å². The van der Waals surface area contributed by atoms with Crippen LogP contribution in [0.5, 0.6) is 5.75 Å². The van der Waals surface area contributed by atoms with Crippen molar-refractivity contribution in [3.8, 4) is 17.0 Å². The summed E-state index contributed by atoms with van der Waals surface area (Å²) in [7, 11) is 0. The lowest BCUT2D eigenvalue weighted by atomic mass is 10.0. The molecule has 0 fully saturated rings. The minimum Gasteiger partial charge on any atom is -0.423 e. The van der Waals surface area contributed by atoms with Crippen LogP contribution in [0.25, 0.3) is 11.3 Å². The third-order valence-electron chi connectivity index (χ3n) is 5.98. The van der Waals surface area contributed by atoms with Crippen molar-refractivity contribution in [3.05, 3.63) is 71.9 Å². The third-order valence-corrected chi connectivity index (χ3v) is 6.93. The lowest BCUT2D eigenvalue weighted by Gasteiger charge is -2.07. The van der Waals surface area contributed by atoms with Gasteiger partial charge in [0.05, 0.1) is 11.3 Å². The zero-order chi connectivity index (χ0) is 24.7. The Morgan fingerprint density at radius 3 is 2.23 bits per heavy atom. The van der Waals surface area contributed by atoms with E-state index < -0.39 is 0 Å². The molecular formula is C30H38N2O2S. The molecule has 0 atom stereocenters. The normalized spacial score (nSPS) is 10.9. The summed E-state index contributed by atoms with van der Waals surface area (Å²) in [6.45, 7) is 4.45.